The molecule has 1 N–H and O–H groups in total. The maximum Gasteiger partial charge on any atom is 0.334 e. The largest absolute Gasteiger partial charge is 0.425 e. The van der Waals surface area contributed by atoms with E-state index in [-0.39, 0.29) is 10.9 Å². The third-order valence-electron chi connectivity index (χ3n) is 5.37. The van der Waals surface area contributed by atoms with Gasteiger partial charge in [0.05, 0.1) is 5.41 Å². The van der Waals surface area contributed by atoms with E-state index in [0.717, 1.165) is 31.0 Å². The normalized spacial score (nSPS) is 13.1. The second-order valence-electron chi connectivity index (χ2n) is 9.39. The first-order valence-corrected chi connectivity index (χ1v) is 13.9. The molecule has 0 aromatic carbocycles. The van der Waals surface area contributed by atoms with Crippen molar-refractivity contribution in [2.45, 2.75) is 98.4 Å². The van der Waals surface area contributed by atoms with Crippen molar-refractivity contribution >= 4 is 28.8 Å². The molecule has 0 heterocycles. The average Bonchev–Trinajstić information content (AvgIpc) is 2.84. The summed E-state index contributed by atoms with van der Waals surface area (Å²) in [5, 5.41) is 11.9. The summed E-state index contributed by atoms with van der Waals surface area (Å²) in [6.07, 6.45) is 19.5. The fourth-order valence-electron chi connectivity index (χ4n) is 3.10. The van der Waals surface area contributed by atoms with E-state index < -0.39 is 35.0 Å². The van der Waals surface area contributed by atoms with Crippen LogP contribution >= 0.6 is 11.8 Å². The second kappa shape index (κ2) is 20.4. The lowest BCUT2D eigenvalue weighted by Gasteiger charge is -2.25. The number of ether oxygens (including phenoxy) is 1. The summed E-state index contributed by atoms with van der Waals surface area (Å²) in [6.45, 7) is 7.83. The minimum Gasteiger partial charge on any atom is -0.425 e. The molecule has 0 aliphatic carbocycles. The summed E-state index contributed by atoms with van der Waals surface area (Å²) in [5.41, 5.74) is -1.29. The molecule has 10 heteroatoms. The second-order valence-corrected chi connectivity index (χ2v) is 10.6. The molecule has 0 rings (SSSR count). The number of hydrogen-bond acceptors (Lipinski definition) is 8. The zero-order chi connectivity index (χ0) is 28.1. The molecule has 9 nitrogen and oxygen atoms in total. The van der Waals surface area contributed by atoms with Gasteiger partial charge in [0.15, 0.2) is 5.12 Å². The third-order valence-corrected chi connectivity index (χ3v) is 6.27. The topological polar surface area (TPSA) is 125 Å². The van der Waals surface area contributed by atoms with Gasteiger partial charge in [-0.2, -0.15) is 0 Å². The molecule has 0 saturated carbocycles. The quantitative estimate of drug-likeness (QED) is 0.0492. The summed E-state index contributed by atoms with van der Waals surface area (Å²) in [7, 11) is 0. The van der Waals surface area contributed by atoms with Crippen molar-refractivity contribution < 1.29 is 29.0 Å². The Balaban J connectivity index is 5.08. The lowest BCUT2D eigenvalue weighted by molar-refractivity contribution is -0.760. The minimum absolute atomic E-state index is 0.0368. The standard InChI is InChI=1S/C27H44N2O7S/c1-6-8-10-11-12-13-14-15-16-17-19-23(18-9-7-2)36-25(31)24(20-37-22(3)30)28-26(32)27(4,5)21-35-29(33)34/h7,9,17-19,24H,6,8,10-16,20-21H2,1-5H3,(H,28,32). The van der Waals surface area contributed by atoms with E-state index in [1.54, 1.807) is 24.3 Å². The van der Waals surface area contributed by atoms with E-state index in [0.29, 0.717) is 5.76 Å². The number of carbonyl (C=O) groups is 3. The highest BCUT2D eigenvalue weighted by molar-refractivity contribution is 8.13. The van der Waals surface area contributed by atoms with Crippen molar-refractivity contribution in [3.63, 3.8) is 0 Å². The molecule has 0 bridgehead atoms. The predicted molar refractivity (Wildman–Crippen MR) is 147 cm³/mol. The number of nitrogens with one attached hydrogen (secondary N) is 1. The summed E-state index contributed by atoms with van der Waals surface area (Å²) in [4.78, 5) is 52.0. The number of unbranched alkanes of at least 4 members (excludes halogenated alkanes) is 8. The van der Waals surface area contributed by atoms with Gasteiger partial charge < -0.3 is 14.9 Å². The van der Waals surface area contributed by atoms with Gasteiger partial charge in [-0.05, 0) is 45.8 Å². The highest BCUT2D eigenvalue weighted by atomic mass is 32.2. The lowest BCUT2D eigenvalue weighted by Crippen LogP contribution is -2.50. The highest BCUT2D eigenvalue weighted by Crippen LogP contribution is 2.18. The molecule has 0 spiro atoms. The van der Waals surface area contributed by atoms with Crippen molar-refractivity contribution in [3.8, 4) is 0 Å². The number of nitrogens with zero attached hydrogens (tertiary/aromatic N) is 1. The van der Waals surface area contributed by atoms with E-state index in [2.05, 4.69) is 17.1 Å². The van der Waals surface area contributed by atoms with Crippen LogP contribution in [0.4, 0.5) is 0 Å². The Labute approximate surface area is 225 Å². The van der Waals surface area contributed by atoms with Crippen molar-refractivity contribution in [2.24, 2.45) is 5.41 Å². The first kappa shape index (κ1) is 34.4. The Morgan fingerprint density at radius 1 is 1.08 bits per heavy atom. The van der Waals surface area contributed by atoms with Gasteiger partial charge in [0, 0.05) is 12.7 Å². The Morgan fingerprint density at radius 3 is 2.27 bits per heavy atom. The van der Waals surface area contributed by atoms with Crippen molar-refractivity contribution in [1.29, 1.82) is 0 Å². The summed E-state index contributed by atoms with van der Waals surface area (Å²) in [5.74, 6) is -1.10. The van der Waals surface area contributed by atoms with E-state index in [1.807, 2.05) is 13.0 Å². The van der Waals surface area contributed by atoms with Crippen LogP contribution in [-0.4, -0.2) is 40.5 Å². The number of allylic oxidation sites excluding steroid dienone is 5. The Bertz CT molecular complexity index is 807. The molecule has 0 radical (unpaired) electrons. The minimum atomic E-state index is -1.29. The Hall–Kier alpha value is -2.62. The molecule has 1 unspecified atom stereocenters. The number of amides is 1. The van der Waals surface area contributed by atoms with Gasteiger partial charge in [-0.1, -0.05) is 81.9 Å². The molecule has 0 aliphatic heterocycles. The Morgan fingerprint density at radius 2 is 1.70 bits per heavy atom. The number of carbonyl (C=O) groups excluding carboxylic acids is 3. The van der Waals surface area contributed by atoms with E-state index in [4.69, 9.17) is 4.74 Å². The molecular formula is C27H44N2O7S. The number of rotatable bonds is 20. The SMILES string of the molecule is CC=CC=C(C=CCCCCCCCCCC)OC(=O)C(CSC(C)=O)NC(=O)C(C)(C)CO[N+](=O)[O-]. The fourth-order valence-corrected chi connectivity index (χ4v) is 3.72. The summed E-state index contributed by atoms with van der Waals surface area (Å²) < 4.78 is 5.55. The molecule has 0 aliphatic rings. The molecular weight excluding hydrogens is 496 g/mol. The van der Waals surface area contributed by atoms with Crippen LogP contribution in [-0.2, 0) is 24.0 Å². The number of thioether (sulfide) groups is 1. The highest BCUT2D eigenvalue weighted by Gasteiger charge is 2.33. The number of hydrogen-bond donors (Lipinski definition) is 1. The van der Waals surface area contributed by atoms with Crippen molar-refractivity contribution in [1.82, 2.24) is 5.32 Å². The van der Waals surface area contributed by atoms with Crippen molar-refractivity contribution in [3.05, 3.63) is 46.3 Å². The molecule has 37 heavy (non-hydrogen) atoms. The van der Waals surface area contributed by atoms with E-state index in [1.165, 1.54) is 59.3 Å². The van der Waals surface area contributed by atoms with Crippen LogP contribution in [0.15, 0.2) is 36.1 Å². The van der Waals surface area contributed by atoms with Gasteiger partial charge in [0.2, 0.25) is 5.91 Å². The maximum atomic E-state index is 12.9. The third kappa shape index (κ3) is 18.3. The molecule has 210 valence electrons. The van der Waals surface area contributed by atoms with Gasteiger partial charge >= 0.3 is 5.97 Å². The zero-order valence-corrected chi connectivity index (χ0v) is 23.8. The van der Waals surface area contributed by atoms with Gasteiger partial charge in [0.25, 0.3) is 5.09 Å². The van der Waals surface area contributed by atoms with Crippen LogP contribution in [0, 0.1) is 15.5 Å². The first-order chi connectivity index (χ1) is 17.5. The smallest absolute Gasteiger partial charge is 0.334 e. The van der Waals surface area contributed by atoms with Gasteiger partial charge in [-0.25, -0.2) is 4.79 Å². The fraction of sp³-hybridized carbons (Fsp3) is 0.667. The molecule has 1 amide bonds. The number of esters is 1. The molecule has 0 fully saturated rings. The summed E-state index contributed by atoms with van der Waals surface area (Å²) >= 11 is 0.873. The van der Waals surface area contributed by atoms with E-state index in [9.17, 15) is 24.5 Å². The Kier molecular flexibility index (Phi) is 19.0. The van der Waals surface area contributed by atoms with Crippen LogP contribution in [0.2, 0.25) is 0 Å². The molecule has 0 saturated heterocycles. The van der Waals surface area contributed by atoms with Gasteiger partial charge in [-0.15, -0.1) is 10.1 Å². The van der Waals surface area contributed by atoms with Gasteiger partial charge in [0.1, 0.15) is 18.4 Å². The molecule has 0 aromatic heterocycles. The maximum absolute atomic E-state index is 12.9. The predicted octanol–water partition coefficient (Wildman–Crippen LogP) is 6.08. The van der Waals surface area contributed by atoms with Crippen LogP contribution in [0.1, 0.15) is 92.4 Å². The molecule has 1 atom stereocenters. The van der Waals surface area contributed by atoms with Gasteiger partial charge in [-0.3, -0.25) is 9.59 Å². The van der Waals surface area contributed by atoms with Crippen LogP contribution in [0.3, 0.4) is 0 Å². The van der Waals surface area contributed by atoms with Crippen LogP contribution in [0.25, 0.3) is 0 Å². The summed E-state index contributed by atoms with van der Waals surface area (Å²) in [6, 6.07) is -1.13. The van der Waals surface area contributed by atoms with E-state index >= 15 is 0 Å². The first-order valence-electron chi connectivity index (χ1n) is 13.0. The lowest BCUT2D eigenvalue weighted by atomic mass is 9.93. The monoisotopic (exact) mass is 540 g/mol. The zero-order valence-electron chi connectivity index (χ0n) is 23.0. The van der Waals surface area contributed by atoms with Crippen molar-refractivity contribution in [2.75, 3.05) is 12.4 Å². The average molecular weight is 541 g/mol. The molecule has 0 aromatic rings. The van der Waals surface area contributed by atoms with Crippen LogP contribution in [0.5, 0.6) is 0 Å². The van der Waals surface area contributed by atoms with Crippen LogP contribution < -0.4 is 5.32 Å².